The summed E-state index contributed by atoms with van der Waals surface area (Å²) in [4.78, 5) is 28.7. The number of amides is 2. The Hall–Kier alpha value is -3.40. The number of halogens is 3. The Morgan fingerprint density at radius 1 is 1.20 bits per heavy atom. The zero-order valence-corrected chi connectivity index (χ0v) is 16.3. The van der Waals surface area contributed by atoms with Crippen LogP contribution in [0.15, 0.2) is 42.6 Å². The minimum absolute atomic E-state index is 0.0998. The lowest BCUT2D eigenvalue weighted by Crippen LogP contribution is -2.23. The Bertz CT molecular complexity index is 1160. The summed E-state index contributed by atoms with van der Waals surface area (Å²) < 4.78 is 43.8. The van der Waals surface area contributed by atoms with Crippen molar-refractivity contribution >= 4 is 28.8 Å². The SMILES string of the molecule is Cc1c(C(=O)NCc2cnc(C(F)(F)F)s2)ccc2c1NC(=O)c1ccccc1O2. The third kappa shape index (κ3) is 3.73. The van der Waals surface area contributed by atoms with Gasteiger partial charge in [0.1, 0.15) is 5.75 Å². The zero-order chi connectivity index (χ0) is 21.5. The van der Waals surface area contributed by atoms with Gasteiger partial charge >= 0.3 is 6.18 Å². The van der Waals surface area contributed by atoms with Crippen LogP contribution in [0.3, 0.4) is 0 Å². The number of carbonyl (C=O) groups excluding carboxylic acids is 2. The average Bonchev–Trinajstić information content (AvgIpc) is 3.13. The summed E-state index contributed by atoms with van der Waals surface area (Å²) >= 11 is 0.472. The van der Waals surface area contributed by atoms with Gasteiger partial charge in [0.15, 0.2) is 10.8 Å². The van der Waals surface area contributed by atoms with Gasteiger partial charge in [-0.2, -0.15) is 13.2 Å². The summed E-state index contributed by atoms with van der Waals surface area (Å²) in [5.41, 5.74) is 1.47. The van der Waals surface area contributed by atoms with E-state index in [1.807, 2.05) is 0 Å². The normalized spacial score (nSPS) is 12.9. The number of ether oxygens (including phenoxy) is 1. The Morgan fingerprint density at radius 2 is 1.97 bits per heavy atom. The molecule has 6 nitrogen and oxygen atoms in total. The number of nitrogens with zero attached hydrogens (tertiary/aromatic N) is 1. The molecule has 154 valence electrons. The summed E-state index contributed by atoms with van der Waals surface area (Å²) in [6.45, 7) is 1.55. The second-order valence-corrected chi connectivity index (χ2v) is 7.59. The summed E-state index contributed by atoms with van der Waals surface area (Å²) in [6, 6.07) is 9.86. The number of rotatable bonds is 3. The average molecular weight is 433 g/mol. The first-order valence-electron chi connectivity index (χ1n) is 8.76. The molecule has 30 heavy (non-hydrogen) atoms. The number of aromatic nitrogens is 1. The van der Waals surface area contributed by atoms with E-state index >= 15 is 0 Å². The summed E-state index contributed by atoms with van der Waals surface area (Å²) in [5.74, 6) is -0.0711. The largest absolute Gasteiger partial charge is 0.454 e. The molecule has 0 radical (unpaired) electrons. The van der Waals surface area contributed by atoms with Crippen LogP contribution >= 0.6 is 11.3 Å². The molecule has 0 unspecified atom stereocenters. The van der Waals surface area contributed by atoms with Crippen molar-refractivity contribution in [2.24, 2.45) is 0 Å². The molecule has 2 aromatic carbocycles. The zero-order valence-electron chi connectivity index (χ0n) is 15.5. The molecule has 2 N–H and O–H groups in total. The first-order chi connectivity index (χ1) is 14.2. The third-order valence-corrected chi connectivity index (χ3v) is 5.52. The van der Waals surface area contributed by atoms with Crippen molar-refractivity contribution in [3.63, 3.8) is 0 Å². The van der Waals surface area contributed by atoms with E-state index < -0.39 is 17.1 Å². The molecular formula is C20H14F3N3O3S. The minimum Gasteiger partial charge on any atom is -0.454 e. The van der Waals surface area contributed by atoms with Crippen LogP contribution in [0, 0.1) is 6.92 Å². The number of fused-ring (bicyclic) bond motifs is 2. The van der Waals surface area contributed by atoms with Gasteiger partial charge in [-0.25, -0.2) is 4.98 Å². The fourth-order valence-corrected chi connectivity index (χ4v) is 3.72. The Labute approximate surface area is 172 Å². The van der Waals surface area contributed by atoms with Crippen molar-refractivity contribution in [1.29, 1.82) is 0 Å². The number of carbonyl (C=O) groups is 2. The Morgan fingerprint density at radius 3 is 2.70 bits per heavy atom. The Kier molecular flexibility index (Phi) is 4.94. The van der Waals surface area contributed by atoms with E-state index in [1.165, 1.54) is 6.07 Å². The van der Waals surface area contributed by atoms with E-state index in [9.17, 15) is 22.8 Å². The van der Waals surface area contributed by atoms with Gasteiger partial charge in [-0.15, -0.1) is 11.3 Å². The highest BCUT2D eigenvalue weighted by atomic mass is 32.1. The van der Waals surface area contributed by atoms with Crippen LogP contribution in [0.25, 0.3) is 0 Å². The number of benzene rings is 2. The molecule has 2 amide bonds. The molecule has 1 aliphatic heterocycles. The van der Waals surface area contributed by atoms with Crippen molar-refractivity contribution in [3.8, 4) is 11.5 Å². The van der Waals surface area contributed by atoms with E-state index in [0.717, 1.165) is 6.20 Å². The fraction of sp³-hybridized carbons (Fsp3) is 0.150. The molecule has 1 aromatic heterocycles. The van der Waals surface area contributed by atoms with E-state index in [-0.39, 0.29) is 22.9 Å². The van der Waals surface area contributed by atoms with Crippen LogP contribution < -0.4 is 15.4 Å². The van der Waals surface area contributed by atoms with Crippen LogP contribution in [0.5, 0.6) is 11.5 Å². The molecule has 2 heterocycles. The van der Waals surface area contributed by atoms with Crippen molar-refractivity contribution in [3.05, 3.63) is 69.2 Å². The maximum atomic E-state index is 12.7. The molecule has 0 bridgehead atoms. The van der Waals surface area contributed by atoms with Gasteiger partial charge in [0, 0.05) is 16.6 Å². The van der Waals surface area contributed by atoms with Crippen LogP contribution in [0.2, 0.25) is 0 Å². The van der Waals surface area contributed by atoms with E-state index in [2.05, 4.69) is 15.6 Å². The molecule has 0 fully saturated rings. The first-order valence-corrected chi connectivity index (χ1v) is 9.57. The van der Waals surface area contributed by atoms with Crippen molar-refractivity contribution < 1.29 is 27.5 Å². The molecule has 0 aliphatic carbocycles. The van der Waals surface area contributed by atoms with Crippen LogP contribution in [0.4, 0.5) is 18.9 Å². The topological polar surface area (TPSA) is 80.3 Å². The van der Waals surface area contributed by atoms with E-state index in [4.69, 9.17) is 4.74 Å². The van der Waals surface area contributed by atoms with Gasteiger partial charge in [0.05, 0.1) is 17.8 Å². The van der Waals surface area contributed by atoms with Crippen molar-refractivity contribution in [2.45, 2.75) is 19.6 Å². The van der Waals surface area contributed by atoms with E-state index in [0.29, 0.717) is 39.7 Å². The summed E-state index contributed by atoms with van der Waals surface area (Å²) in [6.07, 6.45) is -3.43. The predicted molar refractivity (Wildman–Crippen MR) is 104 cm³/mol. The van der Waals surface area contributed by atoms with E-state index in [1.54, 1.807) is 37.3 Å². The molecule has 0 spiro atoms. The highest BCUT2D eigenvalue weighted by Crippen LogP contribution is 2.38. The van der Waals surface area contributed by atoms with Gasteiger partial charge in [0.25, 0.3) is 11.8 Å². The first kappa shape index (κ1) is 19.9. The number of thiazole rings is 1. The molecule has 0 saturated heterocycles. The number of nitrogens with one attached hydrogen (secondary N) is 2. The number of hydrogen-bond donors (Lipinski definition) is 2. The predicted octanol–water partition coefficient (Wildman–Crippen LogP) is 4.76. The number of hydrogen-bond acceptors (Lipinski definition) is 5. The van der Waals surface area contributed by atoms with Crippen molar-refractivity contribution in [1.82, 2.24) is 10.3 Å². The van der Waals surface area contributed by atoms with Crippen LogP contribution in [-0.2, 0) is 12.7 Å². The molecule has 10 heteroatoms. The quantitative estimate of drug-likeness (QED) is 0.624. The second-order valence-electron chi connectivity index (χ2n) is 6.48. The molecule has 0 saturated carbocycles. The van der Waals surface area contributed by atoms with Crippen molar-refractivity contribution in [2.75, 3.05) is 5.32 Å². The second kappa shape index (κ2) is 7.45. The van der Waals surface area contributed by atoms with Gasteiger partial charge in [0.2, 0.25) is 0 Å². The summed E-state index contributed by atoms with van der Waals surface area (Å²) in [5, 5.41) is 4.38. The minimum atomic E-state index is -4.52. The van der Waals surface area contributed by atoms with Gasteiger partial charge in [-0.1, -0.05) is 12.1 Å². The van der Waals surface area contributed by atoms with Gasteiger partial charge in [-0.3, -0.25) is 9.59 Å². The lowest BCUT2D eigenvalue weighted by molar-refractivity contribution is -0.137. The molecule has 4 rings (SSSR count). The maximum absolute atomic E-state index is 12.7. The third-order valence-electron chi connectivity index (χ3n) is 4.48. The van der Waals surface area contributed by atoms with Gasteiger partial charge in [-0.05, 0) is 36.8 Å². The lowest BCUT2D eigenvalue weighted by Gasteiger charge is -2.14. The van der Waals surface area contributed by atoms with Crippen LogP contribution in [0.1, 0.15) is 36.2 Å². The highest BCUT2D eigenvalue weighted by Gasteiger charge is 2.34. The smallest absolute Gasteiger partial charge is 0.443 e. The number of anilines is 1. The number of para-hydroxylation sites is 1. The Balaban J connectivity index is 1.55. The van der Waals surface area contributed by atoms with Gasteiger partial charge < -0.3 is 15.4 Å². The molecular weight excluding hydrogens is 419 g/mol. The number of alkyl halides is 3. The highest BCUT2D eigenvalue weighted by molar-refractivity contribution is 7.11. The summed E-state index contributed by atoms with van der Waals surface area (Å²) in [7, 11) is 0. The van der Waals surface area contributed by atoms with Crippen LogP contribution in [-0.4, -0.2) is 16.8 Å². The lowest BCUT2D eigenvalue weighted by atomic mass is 10.0. The standard InChI is InChI=1S/C20H14F3N3O3S/c1-10-12(17(27)24-8-11-9-25-19(30-11)20(21,22)23)6-7-15-16(10)26-18(28)13-4-2-3-5-14(13)29-15/h2-7,9H,8H2,1H3,(H,24,27)(H,26,28). The fourth-order valence-electron chi connectivity index (χ4n) is 3.00. The maximum Gasteiger partial charge on any atom is 0.443 e. The molecule has 3 aromatic rings. The molecule has 1 aliphatic rings. The molecule has 0 atom stereocenters. The monoisotopic (exact) mass is 433 g/mol.